The quantitative estimate of drug-likeness (QED) is 0.273. The van der Waals surface area contributed by atoms with Gasteiger partial charge in [-0.1, -0.05) is 36.7 Å². The minimum atomic E-state index is -3.30. The molecule has 0 saturated carbocycles. The van der Waals surface area contributed by atoms with E-state index in [-0.39, 0.29) is 23.0 Å². The van der Waals surface area contributed by atoms with Gasteiger partial charge in [0, 0.05) is 34.1 Å². The maximum Gasteiger partial charge on any atom is 0.228 e. The van der Waals surface area contributed by atoms with E-state index < -0.39 is 15.8 Å². The zero-order chi connectivity index (χ0) is 25.7. The molecule has 0 aliphatic rings. The summed E-state index contributed by atoms with van der Waals surface area (Å²) >= 11 is 6.08. The second-order valence-corrected chi connectivity index (χ2v) is 10.6. The molecule has 4 aromatic rings. The van der Waals surface area contributed by atoms with Crippen molar-refractivity contribution in [3.05, 3.63) is 102 Å². The third kappa shape index (κ3) is 6.27. The Morgan fingerprint density at radius 1 is 1.03 bits per heavy atom. The first kappa shape index (κ1) is 25.3. The minimum Gasteiger partial charge on any atom is -0.457 e. The summed E-state index contributed by atoms with van der Waals surface area (Å²) in [7, 11) is -3.30. The molecule has 0 atom stereocenters. The Bertz CT molecular complexity index is 1490. The van der Waals surface area contributed by atoms with Gasteiger partial charge in [0.25, 0.3) is 0 Å². The van der Waals surface area contributed by atoms with E-state index in [1.807, 2.05) is 0 Å². The predicted molar refractivity (Wildman–Crippen MR) is 138 cm³/mol. The van der Waals surface area contributed by atoms with Crippen molar-refractivity contribution in [2.24, 2.45) is 0 Å². The lowest BCUT2D eigenvalue weighted by atomic mass is 10.1. The van der Waals surface area contributed by atoms with Gasteiger partial charge in [-0.3, -0.25) is 4.79 Å². The molecule has 0 radical (unpaired) electrons. The molecule has 4 rings (SSSR count). The van der Waals surface area contributed by atoms with Gasteiger partial charge in [0.05, 0.1) is 17.1 Å². The Morgan fingerprint density at radius 2 is 1.81 bits per heavy atom. The lowest BCUT2D eigenvalue weighted by Crippen LogP contribution is -2.14. The second kappa shape index (κ2) is 10.9. The summed E-state index contributed by atoms with van der Waals surface area (Å²) in [4.78, 5) is 16.6. The number of ether oxygens (including phenoxy) is 1. The van der Waals surface area contributed by atoms with Gasteiger partial charge in [-0.15, -0.1) is 0 Å². The SMILES string of the molecule is CCS(=O)(=O)c1ccc(CC(=O)Nc2ccc(-c3ccc(F)nc3)c(Oc3cccc(Cl)c3)c2)cc1. The Labute approximate surface area is 213 Å². The largest absolute Gasteiger partial charge is 0.457 e. The van der Waals surface area contributed by atoms with Crippen LogP contribution in [-0.2, 0) is 21.1 Å². The normalized spacial score (nSPS) is 11.2. The Balaban J connectivity index is 1.56. The van der Waals surface area contributed by atoms with Crippen molar-refractivity contribution in [3.8, 4) is 22.6 Å². The van der Waals surface area contributed by atoms with E-state index in [4.69, 9.17) is 16.3 Å². The first-order valence-electron chi connectivity index (χ1n) is 11.0. The number of halogens is 2. The highest BCUT2D eigenvalue weighted by molar-refractivity contribution is 7.91. The van der Waals surface area contributed by atoms with E-state index in [0.717, 1.165) is 0 Å². The molecule has 0 saturated heterocycles. The molecular formula is C27H22ClFN2O4S. The van der Waals surface area contributed by atoms with E-state index in [1.54, 1.807) is 67.6 Å². The fourth-order valence-electron chi connectivity index (χ4n) is 3.49. The Morgan fingerprint density at radius 3 is 2.47 bits per heavy atom. The molecule has 0 unspecified atom stereocenters. The highest BCUT2D eigenvalue weighted by Gasteiger charge is 2.14. The van der Waals surface area contributed by atoms with Crippen molar-refractivity contribution in [1.29, 1.82) is 0 Å². The van der Waals surface area contributed by atoms with Crippen molar-refractivity contribution < 1.29 is 22.3 Å². The number of aromatic nitrogens is 1. The lowest BCUT2D eigenvalue weighted by molar-refractivity contribution is -0.115. The second-order valence-electron chi connectivity index (χ2n) is 7.91. The third-order valence-corrected chi connectivity index (χ3v) is 7.34. The van der Waals surface area contributed by atoms with E-state index in [2.05, 4.69) is 10.3 Å². The van der Waals surface area contributed by atoms with Crippen LogP contribution in [-0.4, -0.2) is 25.1 Å². The number of benzene rings is 3. The predicted octanol–water partition coefficient (Wildman–Crippen LogP) is 6.31. The standard InChI is InChI=1S/C27H22ClFN2O4S/c1-2-36(33,34)23-10-6-18(7-11-23)14-27(32)31-21-9-12-24(19-8-13-26(29)30-17-19)25(16-21)35-22-5-3-4-20(28)15-22/h3-13,15-17H,2,14H2,1H3,(H,31,32). The van der Waals surface area contributed by atoms with Gasteiger partial charge >= 0.3 is 0 Å². The van der Waals surface area contributed by atoms with Crippen LogP contribution < -0.4 is 10.1 Å². The smallest absolute Gasteiger partial charge is 0.228 e. The summed E-state index contributed by atoms with van der Waals surface area (Å²) in [5, 5.41) is 3.33. The number of amides is 1. The maximum atomic E-state index is 13.3. The molecule has 6 nitrogen and oxygen atoms in total. The van der Waals surface area contributed by atoms with Crippen molar-refractivity contribution in [3.63, 3.8) is 0 Å². The molecular weight excluding hydrogens is 503 g/mol. The number of nitrogens with one attached hydrogen (secondary N) is 1. The van der Waals surface area contributed by atoms with Crippen molar-refractivity contribution in [1.82, 2.24) is 4.98 Å². The van der Waals surface area contributed by atoms with Crippen LogP contribution in [0.25, 0.3) is 11.1 Å². The van der Waals surface area contributed by atoms with Gasteiger partial charge in [-0.25, -0.2) is 13.4 Å². The fraction of sp³-hybridized carbons (Fsp3) is 0.111. The first-order chi connectivity index (χ1) is 17.2. The van der Waals surface area contributed by atoms with Crippen LogP contribution in [0.15, 0.2) is 90.0 Å². The highest BCUT2D eigenvalue weighted by Crippen LogP contribution is 2.36. The Hall–Kier alpha value is -3.75. The molecule has 0 fully saturated rings. The monoisotopic (exact) mass is 524 g/mol. The van der Waals surface area contributed by atoms with Gasteiger partial charge in [0.2, 0.25) is 11.9 Å². The average Bonchev–Trinajstić information content (AvgIpc) is 2.85. The molecule has 1 amide bonds. The van der Waals surface area contributed by atoms with Crippen LogP contribution in [0, 0.1) is 5.95 Å². The fourth-order valence-corrected chi connectivity index (χ4v) is 4.55. The minimum absolute atomic E-state index is 0.0103. The lowest BCUT2D eigenvalue weighted by Gasteiger charge is -2.14. The van der Waals surface area contributed by atoms with E-state index in [0.29, 0.717) is 38.9 Å². The van der Waals surface area contributed by atoms with E-state index in [1.165, 1.54) is 24.4 Å². The molecule has 1 heterocycles. The highest BCUT2D eigenvalue weighted by atomic mass is 35.5. The van der Waals surface area contributed by atoms with Gasteiger partial charge < -0.3 is 10.1 Å². The number of sulfone groups is 1. The molecule has 1 aromatic heterocycles. The zero-order valence-corrected chi connectivity index (χ0v) is 20.8. The first-order valence-corrected chi connectivity index (χ1v) is 13.1. The number of nitrogens with zero attached hydrogens (tertiary/aromatic N) is 1. The topological polar surface area (TPSA) is 85.4 Å². The number of hydrogen-bond acceptors (Lipinski definition) is 5. The third-order valence-electron chi connectivity index (χ3n) is 5.35. The van der Waals surface area contributed by atoms with Crippen LogP contribution in [0.2, 0.25) is 5.02 Å². The summed E-state index contributed by atoms with van der Waals surface area (Å²) in [5.41, 5.74) is 2.44. The zero-order valence-electron chi connectivity index (χ0n) is 19.2. The number of pyridine rings is 1. The summed E-state index contributed by atoms with van der Waals surface area (Å²) in [6, 6.07) is 21.1. The molecule has 36 heavy (non-hydrogen) atoms. The molecule has 0 aliphatic heterocycles. The van der Waals surface area contributed by atoms with Crippen molar-refractivity contribution in [2.75, 3.05) is 11.1 Å². The van der Waals surface area contributed by atoms with Crippen LogP contribution in [0.1, 0.15) is 12.5 Å². The van der Waals surface area contributed by atoms with E-state index in [9.17, 15) is 17.6 Å². The van der Waals surface area contributed by atoms with E-state index >= 15 is 0 Å². The van der Waals surface area contributed by atoms with Gasteiger partial charge in [-0.2, -0.15) is 4.39 Å². The van der Waals surface area contributed by atoms with Crippen LogP contribution in [0.5, 0.6) is 11.5 Å². The van der Waals surface area contributed by atoms with Gasteiger partial charge in [0.15, 0.2) is 9.84 Å². The number of rotatable bonds is 8. The Kier molecular flexibility index (Phi) is 7.67. The summed E-state index contributed by atoms with van der Waals surface area (Å²) in [5.74, 6) is 0.0319. The number of carbonyl (C=O) groups excluding carboxylic acids is 1. The van der Waals surface area contributed by atoms with Crippen LogP contribution in [0.4, 0.5) is 10.1 Å². The molecule has 3 aromatic carbocycles. The summed E-state index contributed by atoms with van der Waals surface area (Å²) in [6.45, 7) is 1.58. The van der Waals surface area contributed by atoms with Crippen molar-refractivity contribution >= 4 is 33.0 Å². The van der Waals surface area contributed by atoms with Crippen LogP contribution in [0.3, 0.4) is 0 Å². The van der Waals surface area contributed by atoms with Gasteiger partial charge in [0.1, 0.15) is 11.5 Å². The molecule has 0 spiro atoms. The summed E-state index contributed by atoms with van der Waals surface area (Å²) < 4.78 is 43.4. The molecule has 0 bridgehead atoms. The van der Waals surface area contributed by atoms with Crippen LogP contribution >= 0.6 is 11.6 Å². The summed E-state index contributed by atoms with van der Waals surface area (Å²) in [6.07, 6.45) is 1.46. The number of carbonyl (C=O) groups is 1. The molecule has 1 N–H and O–H groups in total. The molecule has 184 valence electrons. The number of hydrogen-bond donors (Lipinski definition) is 1. The number of anilines is 1. The average molecular weight is 525 g/mol. The maximum absolute atomic E-state index is 13.3. The molecule has 0 aliphatic carbocycles. The molecule has 9 heteroatoms. The van der Waals surface area contributed by atoms with Gasteiger partial charge in [-0.05, 0) is 60.2 Å². The van der Waals surface area contributed by atoms with Crippen molar-refractivity contribution in [2.45, 2.75) is 18.2 Å².